The van der Waals surface area contributed by atoms with Gasteiger partial charge in [0.2, 0.25) is 0 Å². The predicted octanol–water partition coefficient (Wildman–Crippen LogP) is 5.33. The quantitative estimate of drug-likeness (QED) is 0.512. The highest BCUT2D eigenvalue weighted by Gasteiger charge is 2.33. The summed E-state index contributed by atoms with van der Waals surface area (Å²) in [7, 11) is 0. The van der Waals surface area contributed by atoms with E-state index in [1.54, 1.807) is 24.5 Å². The van der Waals surface area contributed by atoms with Crippen molar-refractivity contribution in [2.75, 3.05) is 0 Å². The van der Waals surface area contributed by atoms with Gasteiger partial charge in [-0.05, 0) is 82.6 Å². The van der Waals surface area contributed by atoms with Crippen LogP contribution in [0.2, 0.25) is 0 Å². The molecule has 4 nitrogen and oxygen atoms in total. The lowest BCUT2D eigenvalue weighted by atomic mass is 9.87. The first-order valence-electron chi connectivity index (χ1n) is 8.76. The lowest BCUT2D eigenvalue weighted by Crippen LogP contribution is -2.02. The zero-order valence-electron chi connectivity index (χ0n) is 14.7. The van der Waals surface area contributed by atoms with Gasteiger partial charge in [0.15, 0.2) is 0 Å². The van der Waals surface area contributed by atoms with Crippen molar-refractivity contribution in [3.63, 3.8) is 0 Å². The van der Waals surface area contributed by atoms with Crippen molar-refractivity contribution in [3.8, 4) is 11.8 Å². The minimum atomic E-state index is -0.230. The second-order valence-electron chi connectivity index (χ2n) is 6.89. The van der Waals surface area contributed by atoms with Crippen molar-refractivity contribution in [2.24, 2.45) is 0 Å². The summed E-state index contributed by atoms with van der Waals surface area (Å²) >= 11 is 0. The van der Waals surface area contributed by atoms with E-state index in [2.05, 4.69) is 35.3 Å². The molecule has 2 aromatic carbocycles. The van der Waals surface area contributed by atoms with Gasteiger partial charge in [-0.1, -0.05) is 6.07 Å². The number of allylic oxidation sites excluding steroid dienone is 1. The molecule has 4 heteroatoms. The van der Waals surface area contributed by atoms with E-state index in [1.165, 1.54) is 0 Å². The summed E-state index contributed by atoms with van der Waals surface area (Å²) in [5.74, 6) is 0.602. The van der Waals surface area contributed by atoms with Crippen LogP contribution in [0.1, 0.15) is 39.5 Å². The highest BCUT2D eigenvalue weighted by atomic mass is 16.3. The Kier molecular flexibility index (Phi) is 3.25. The first-order valence-corrected chi connectivity index (χ1v) is 8.76. The van der Waals surface area contributed by atoms with Gasteiger partial charge in [0.25, 0.3) is 0 Å². The Morgan fingerprint density at radius 3 is 2.89 bits per heavy atom. The number of hydrogen-bond donors (Lipinski definition) is 2. The molecular formula is C23H16N2O2. The third-order valence-electron chi connectivity index (χ3n) is 5.29. The molecular weight excluding hydrogens is 336 g/mol. The lowest BCUT2D eigenvalue weighted by molar-refractivity contribution is 0.473. The van der Waals surface area contributed by atoms with Crippen molar-refractivity contribution < 1.29 is 9.52 Å². The van der Waals surface area contributed by atoms with Crippen LogP contribution in [0.5, 0.6) is 5.75 Å². The molecule has 1 unspecified atom stereocenters. The van der Waals surface area contributed by atoms with E-state index in [0.717, 1.165) is 38.7 Å². The second kappa shape index (κ2) is 5.65. The van der Waals surface area contributed by atoms with E-state index in [9.17, 15) is 10.4 Å². The maximum absolute atomic E-state index is 10.2. The smallest absolute Gasteiger partial charge is 0.133 e. The summed E-state index contributed by atoms with van der Waals surface area (Å²) in [6.07, 6.45) is 5.62. The van der Waals surface area contributed by atoms with E-state index in [0.29, 0.717) is 11.3 Å². The van der Waals surface area contributed by atoms with Crippen LogP contribution in [0.4, 0.5) is 0 Å². The molecule has 0 spiro atoms. The lowest BCUT2D eigenvalue weighted by Gasteiger charge is -2.16. The Bertz CT molecular complexity index is 1270. The van der Waals surface area contributed by atoms with Crippen LogP contribution in [0, 0.1) is 18.3 Å². The van der Waals surface area contributed by atoms with Crippen LogP contribution in [0.3, 0.4) is 0 Å². The van der Waals surface area contributed by atoms with Crippen LogP contribution < -0.4 is 0 Å². The number of aromatic amines is 1. The van der Waals surface area contributed by atoms with E-state index in [4.69, 9.17) is 4.42 Å². The second-order valence-corrected chi connectivity index (χ2v) is 6.89. The van der Waals surface area contributed by atoms with Crippen LogP contribution >= 0.6 is 0 Å². The number of aromatic hydroxyl groups is 1. The van der Waals surface area contributed by atoms with Crippen LogP contribution in [-0.2, 0) is 0 Å². The van der Waals surface area contributed by atoms with Crippen LogP contribution in [-0.4, -0.2) is 10.1 Å². The van der Waals surface area contributed by atoms with Crippen LogP contribution in [0.25, 0.3) is 22.6 Å². The van der Waals surface area contributed by atoms with Crippen molar-refractivity contribution in [3.05, 3.63) is 88.5 Å². The largest absolute Gasteiger partial charge is 0.508 e. The van der Waals surface area contributed by atoms with Crippen molar-refractivity contribution in [1.82, 2.24) is 4.98 Å². The first-order chi connectivity index (χ1) is 13.2. The zero-order chi connectivity index (χ0) is 18.5. The minimum Gasteiger partial charge on any atom is -0.508 e. The summed E-state index contributed by atoms with van der Waals surface area (Å²) in [6, 6.07) is 15.8. The number of nitrogens with one attached hydrogen (secondary N) is 1. The Labute approximate surface area is 156 Å². The van der Waals surface area contributed by atoms with Gasteiger partial charge in [-0.3, -0.25) is 0 Å². The number of nitriles is 1. The SMILES string of the molecule is Cc1cc(O)cc2c1C=C(c1ccc3[nH]ccc3c1)C2c1occc1C#N. The molecule has 1 atom stereocenters. The van der Waals surface area contributed by atoms with Gasteiger partial charge in [-0.15, -0.1) is 0 Å². The Morgan fingerprint density at radius 2 is 2.04 bits per heavy atom. The molecule has 0 bridgehead atoms. The normalized spacial score (nSPS) is 15.6. The number of aromatic nitrogens is 1. The topological polar surface area (TPSA) is 72.9 Å². The standard InChI is InChI=1S/C23H16N2O2/c1-13-8-17(26)10-20-18(13)11-19(22(20)23-16(12-24)5-7-27-23)14-2-3-21-15(9-14)4-6-25-21/h2-11,22,25-26H,1H3. The summed E-state index contributed by atoms with van der Waals surface area (Å²) in [6.45, 7) is 1.98. The highest BCUT2D eigenvalue weighted by molar-refractivity contribution is 5.97. The molecule has 0 saturated carbocycles. The molecule has 1 aliphatic rings. The summed E-state index contributed by atoms with van der Waals surface area (Å²) in [5.41, 5.74) is 6.76. The number of phenolic OH excluding ortho intramolecular Hbond substituents is 1. The monoisotopic (exact) mass is 352 g/mol. The van der Waals surface area contributed by atoms with Gasteiger partial charge in [0, 0.05) is 11.7 Å². The molecule has 2 heterocycles. The van der Waals surface area contributed by atoms with E-state index < -0.39 is 0 Å². The fraction of sp³-hybridized carbons (Fsp3) is 0.0870. The molecule has 1 aliphatic carbocycles. The number of phenols is 1. The number of furan rings is 1. The molecule has 4 aromatic rings. The van der Waals surface area contributed by atoms with Gasteiger partial charge < -0.3 is 14.5 Å². The first kappa shape index (κ1) is 15.5. The molecule has 5 rings (SSSR count). The number of rotatable bonds is 2. The fourth-order valence-corrected chi connectivity index (χ4v) is 4.05. The zero-order valence-corrected chi connectivity index (χ0v) is 14.7. The maximum atomic E-state index is 10.2. The predicted molar refractivity (Wildman–Crippen MR) is 104 cm³/mol. The molecule has 0 amide bonds. The number of fused-ring (bicyclic) bond motifs is 2. The van der Waals surface area contributed by atoms with Gasteiger partial charge in [0.1, 0.15) is 17.6 Å². The molecule has 0 saturated heterocycles. The third-order valence-corrected chi connectivity index (χ3v) is 5.29. The van der Waals surface area contributed by atoms with E-state index in [-0.39, 0.29) is 11.7 Å². The van der Waals surface area contributed by atoms with Crippen molar-refractivity contribution in [2.45, 2.75) is 12.8 Å². The number of nitrogens with zero attached hydrogens (tertiary/aromatic N) is 1. The molecule has 2 N–H and O–H groups in total. The molecule has 0 aliphatic heterocycles. The maximum Gasteiger partial charge on any atom is 0.133 e. The minimum absolute atomic E-state index is 0.219. The number of H-pyrrole nitrogens is 1. The number of hydrogen-bond acceptors (Lipinski definition) is 3. The Balaban J connectivity index is 1.77. The summed E-state index contributed by atoms with van der Waals surface area (Å²) < 4.78 is 5.75. The van der Waals surface area contributed by atoms with Gasteiger partial charge in [0.05, 0.1) is 17.7 Å². The van der Waals surface area contributed by atoms with Crippen LogP contribution in [0.15, 0.2) is 59.3 Å². The molecule has 27 heavy (non-hydrogen) atoms. The van der Waals surface area contributed by atoms with E-state index in [1.807, 2.05) is 19.2 Å². The summed E-state index contributed by atoms with van der Waals surface area (Å²) in [5, 5.41) is 20.8. The van der Waals surface area contributed by atoms with E-state index >= 15 is 0 Å². The summed E-state index contributed by atoms with van der Waals surface area (Å²) in [4.78, 5) is 3.21. The Hall–Kier alpha value is -3.71. The highest BCUT2D eigenvalue weighted by Crippen LogP contribution is 2.49. The molecule has 0 radical (unpaired) electrons. The Morgan fingerprint density at radius 1 is 1.15 bits per heavy atom. The number of aryl methyl sites for hydroxylation is 1. The average Bonchev–Trinajstić information content (AvgIpc) is 3.37. The average molecular weight is 352 g/mol. The van der Waals surface area contributed by atoms with Gasteiger partial charge >= 0.3 is 0 Å². The van der Waals surface area contributed by atoms with Crippen molar-refractivity contribution >= 4 is 22.6 Å². The van der Waals surface area contributed by atoms with Gasteiger partial charge in [-0.2, -0.15) is 5.26 Å². The fourth-order valence-electron chi connectivity index (χ4n) is 4.05. The number of benzene rings is 2. The molecule has 130 valence electrons. The molecule has 2 aromatic heterocycles. The van der Waals surface area contributed by atoms with Crippen molar-refractivity contribution in [1.29, 1.82) is 5.26 Å². The molecule has 0 fully saturated rings. The van der Waals surface area contributed by atoms with Gasteiger partial charge in [-0.25, -0.2) is 0 Å². The third kappa shape index (κ3) is 2.29.